The lowest BCUT2D eigenvalue weighted by Gasteiger charge is -2.41. The molecule has 7 nitrogen and oxygen atoms in total. The van der Waals surface area contributed by atoms with Crippen molar-refractivity contribution < 1.29 is 14.3 Å². The van der Waals surface area contributed by atoms with Gasteiger partial charge in [-0.25, -0.2) is 9.38 Å². The standard InChI is InChI=1S/C31H48FN5O2/c1-7-10-11-12-13-17-34-29(38)27-19-22(9-3)36-28(37-27)20-26(33)24-15-14-23(18-25(24)32)35-21-31(6,16-8-2)30(4,5)39/h14-15,18-20,33,35-36,39H,7-13,16-17,21H2,1-6H3,(H,34,38)/b28-20+,33-26?. The molecule has 5 N–H and O–H groups in total. The van der Waals surface area contributed by atoms with Crippen molar-refractivity contribution in [2.45, 2.75) is 98.5 Å². The highest BCUT2D eigenvalue weighted by Gasteiger charge is 2.38. The molecule has 1 aromatic rings. The number of carbonyl (C=O) groups is 1. The summed E-state index contributed by atoms with van der Waals surface area (Å²) >= 11 is 0. The van der Waals surface area contributed by atoms with Crippen LogP contribution in [0.3, 0.4) is 0 Å². The van der Waals surface area contributed by atoms with Crippen molar-refractivity contribution in [1.29, 1.82) is 5.41 Å². The Balaban J connectivity index is 2.11. The molecule has 1 unspecified atom stereocenters. The first-order chi connectivity index (χ1) is 18.4. The number of rotatable bonds is 16. The minimum atomic E-state index is -0.896. The zero-order valence-electron chi connectivity index (χ0n) is 24.6. The lowest BCUT2D eigenvalue weighted by atomic mass is 9.72. The maximum absolute atomic E-state index is 15.1. The molecule has 0 aliphatic carbocycles. The number of unbranched alkanes of at least 4 members (excludes halogenated alkanes) is 4. The quantitative estimate of drug-likeness (QED) is 0.122. The fourth-order valence-corrected chi connectivity index (χ4v) is 4.47. The lowest BCUT2D eigenvalue weighted by Crippen LogP contribution is -2.46. The summed E-state index contributed by atoms with van der Waals surface area (Å²) in [5.74, 6) is -0.456. The second kappa shape index (κ2) is 15.0. The van der Waals surface area contributed by atoms with E-state index in [2.05, 4.69) is 34.8 Å². The van der Waals surface area contributed by atoms with E-state index in [4.69, 9.17) is 5.41 Å². The maximum Gasteiger partial charge on any atom is 0.270 e. The molecule has 8 heteroatoms. The number of aliphatic imine (C=N–C) groups is 1. The minimum absolute atomic E-state index is 0.0503. The lowest BCUT2D eigenvalue weighted by molar-refractivity contribution is -0.114. The zero-order chi connectivity index (χ0) is 29.1. The van der Waals surface area contributed by atoms with Crippen molar-refractivity contribution in [1.82, 2.24) is 10.6 Å². The number of carbonyl (C=O) groups excluding carboxylic acids is 1. The number of nitrogens with one attached hydrogen (secondary N) is 4. The molecule has 1 aliphatic heterocycles. The van der Waals surface area contributed by atoms with E-state index in [0.29, 0.717) is 31.0 Å². The number of allylic oxidation sites excluding steroid dienone is 2. The molecule has 216 valence electrons. The molecule has 1 aliphatic rings. The number of hydrogen-bond donors (Lipinski definition) is 5. The van der Waals surface area contributed by atoms with Gasteiger partial charge in [-0.05, 0) is 57.4 Å². The van der Waals surface area contributed by atoms with Gasteiger partial charge in [-0.1, -0.05) is 59.8 Å². The normalized spacial score (nSPS) is 16.2. The molecule has 0 fully saturated rings. The zero-order valence-corrected chi connectivity index (χ0v) is 24.6. The van der Waals surface area contributed by atoms with Crippen LogP contribution in [0.5, 0.6) is 0 Å². The van der Waals surface area contributed by atoms with Crippen LogP contribution in [0, 0.1) is 16.6 Å². The molecule has 1 aromatic carbocycles. The Kier molecular flexibility index (Phi) is 12.4. The van der Waals surface area contributed by atoms with Gasteiger partial charge in [0.25, 0.3) is 5.91 Å². The summed E-state index contributed by atoms with van der Waals surface area (Å²) in [5, 5.41) is 28.5. The molecule has 2 rings (SSSR count). The molecule has 1 heterocycles. The predicted octanol–water partition coefficient (Wildman–Crippen LogP) is 6.45. The van der Waals surface area contributed by atoms with Gasteiger partial charge in [-0.2, -0.15) is 0 Å². The first-order valence-corrected chi connectivity index (χ1v) is 14.3. The van der Waals surface area contributed by atoms with Crippen LogP contribution in [0.15, 0.2) is 46.9 Å². The average Bonchev–Trinajstić information content (AvgIpc) is 2.88. The number of hydrogen-bond acceptors (Lipinski definition) is 6. The van der Waals surface area contributed by atoms with Gasteiger partial charge in [0, 0.05) is 41.5 Å². The van der Waals surface area contributed by atoms with Gasteiger partial charge >= 0.3 is 0 Å². The average molecular weight is 542 g/mol. The fourth-order valence-electron chi connectivity index (χ4n) is 4.47. The third kappa shape index (κ3) is 9.60. The van der Waals surface area contributed by atoms with E-state index in [1.165, 1.54) is 31.4 Å². The van der Waals surface area contributed by atoms with Crippen LogP contribution in [-0.4, -0.2) is 41.1 Å². The van der Waals surface area contributed by atoms with Gasteiger partial charge in [0.15, 0.2) is 0 Å². The number of anilines is 1. The third-order valence-electron chi connectivity index (χ3n) is 7.52. The van der Waals surface area contributed by atoms with Crippen LogP contribution in [0.2, 0.25) is 0 Å². The smallest absolute Gasteiger partial charge is 0.270 e. The largest absolute Gasteiger partial charge is 0.390 e. The number of nitrogens with zero attached hydrogens (tertiary/aromatic N) is 1. The Hall–Kier alpha value is -3.00. The van der Waals surface area contributed by atoms with Crippen molar-refractivity contribution in [3.8, 4) is 0 Å². The molecule has 1 atom stereocenters. The van der Waals surface area contributed by atoms with E-state index in [1.807, 2.05) is 13.8 Å². The molecule has 0 bridgehead atoms. The van der Waals surface area contributed by atoms with Crippen LogP contribution in [0.25, 0.3) is 0 Å². The van der Waals surface area contributed by atoms with Gasteiger partial charge in [-0.15, -0.1) is 0 Å². The number of aliphatic hydroxyl groups is 1. The van der Waals surface area contributed by atoms with Crippen LogP contribution < -0.4 is 16.0 Å². The van der Waals surface area contributed by atoms with Crippen molar-refractivity contribution in [3.63, 3.8) is 0 Å². The molecular formula is C31H48FN5O2. The van der Waals surface area contributed by atoms with E-state index >= 15 is 4.39 Å². The molecule has 0 saturated heterocycles. The topological polar surface area (TPSA) is 110 Å². The van der Waals surface area contributed by atoms with Crippen molar-refractivity contribution >= 4 is 23.0 Å². The Morgan fingerprint density at radius 3 is 2.46 bits per heavy atom. The first kappa shape index (κ1) is 32.2. The van der Waals surface area contributed by atoms with E-state index < -0.39 is 11.4 Å². The van der Waals surface area contributed by atoms with Gasteiger partial charge < -0.3 is 26.5 Å². The van der Waals surface area contributed by atoms with Crippen molar-refractivity contribution in [2.24, 2.45) is 10.4 Å². The van der Waals surface area contributed by atoms with Gasteiger partial charge in [-0.3, -0.25) is 4.79 Å². The summed E-state index contributed by atoms with van der Waals surface area (Å²) in [6, 6.07) is 4.66. The summed E-state index contributed by atoms with van der Waals surface area (Å²) in [6.45, 7) is 12.9. The SMILES string of the molecule is CCCCCCCNC(=O)C1=N/C(=C/C(=N)c2ccc(NCC(C)(CCC)C(C)(C)O)cc2F)NC(CC)=C1. The van der Waals surface area contributed by atoms with Crippen LogP contribution in [0.4, 0.5) is 10.1 Å². The maximum atomic E-state index is 15.1. The second-order valence-electron chi connectivity index (χ2n) is 11.2. The Morgan fingerprint density at radius 1 is 1.13 bits per heavy atom. The summed E-state index contributed by atoms with van der Waals surface area (Å²) in [6.07, 6.45) is 11.1. The molecule has 0 saturated carbocycles. The summed E-state index contributed by atoms with van der Waals surface area (Å²) in [5.41, 5.74) is 0.468. The highest BCUT2D eigenvalue weighted by atomic mass is 19.1. The number of amides is 1. The van der Waals surface area contributed by atoms with Gasteiger partial charge in [0.1, 0.15) is 17.3 Å². The third-order valence-corrected chi connectivity index (χ3v) is 7.52. The minimum Gasteiger partial charge on any atom is -0.390 e. The first-order valence-electron chi connectivity index (χ1n) is 14.3. The van der Waals surface area contributed by atoms with E-state index in [0.717, 1.165) is 31.4 Å². The van der Waals surface area contributed by atoms with Crippen molar-refractivity contribution in [2.75, 3.05) is 18.4 Å². The molecular weight excluding hydrogens is 493 g/mol. The molecule has 39 heavy (non-hydrogen) atoms. The van der Waals surface area contributed by atoms with Crippen LogP contribution in [-0.2, 0) is 4.79 Å². The van der Waals surface area contributed by atoms with Crippen LogP contribution in [0.1, 0.15) is 98.5 Å². The Bertz CT molecular complexity index is 1090. The summed E-state index contributed by atoms with van der Waals surface area (Å²) in [7, 11) is 0. The highest BCUT2D eigenvalue weighted by Crippen LogP contribution is 2.36. The second-order valence-corrected chi connectivity index (χ2v) is 11.2. The monoisotopic (exact) mass is 541 g/mol. The van der Waals surface area contributed by atoms with Crippen molar-refractivity contribution in [3.05, 3.63) is 53.2 Å². The number of benzene rings is 1. The number of halogens is 1. The Morgan fingerprint density at radius 2 is 1.85 bits per heavy atom. The fraction of sp³-hybridized carbons (Fsp3) is 0.581. The van der Waals surface area contributed by atoms with Crippen LogP contribution >= 0.6 is 0 Å². The predicted molar refractivity (Wildman–Crippen MR) is 160 cm³/mol. The van der Waals surface area contributed by atoms with Gasteiger partial charge in [0.2, 0.25) is 0 Å². The Labute approximate surface area is 234 Å². The van der Waals surface area contributed by atoms with E-state index in [1.54, 1.807) is 32.1 Å². The van der Waals surface area contributed by atoms with Gasteiger partial charge in [0.05, 0.1) is 11.3 Å². The summed E-state index contributed by atoms with van der Waals surface area (Å²) in [4.78, 5) is 17.1. The molecule has 0 aromatic heterocycles. The molecule has 1 amide bonds. The van der Waals surface area contributed by atoms with E-state index in [-0.39, 0.29) is 28.3 Å². The highest BCUT2D eigenvalue weighted by molar-refractivity contribution is 6.44. The molecule has 0 radical (unpaired) electrons. The molecule has 0 spiro atoms. The van der Waals surface area contributed by atoms with E-state index in [9.17, 15) is 9.90 Å². The summed E-state index contributed by atoms with van der Waals surface area (Å²) < 4.78 is 15.1.